The van der Waals surface area contributed by atoms with Gasteiger partial charge in [-0.2, -0.15) is 0 Å². The minimum absolute atomic E-state index is 0.00715. The van der Waals surface area contributed by atoms with Gasteiger partial charge in [-0.25, -0.2) is 9.48 Å². The number of para-hydroxylation sites is 1. The third-order valence-corrected chi connectivity index (χ3v) is 6.98. The first-order valence-electron chi connectivity index (χ1n) is 12.0. The highest BCUT2D eigenvalue weighted by atomic mass is 35.5. The van der Waals surface area contributed by atoms with Crippen molar-refractivity contribution in [1.82, 2.24) is 15.0 Å². The summed E-state index contributed by atoms with van der Waals surface area (Å²) in [5.74, 6) is -1.70. The van der Waals surface area contributed by atoms with E-state index in [9.17, 15) is 23.5 Å². The highest BCUT2D eigenvalue weighted by molar-refractivity contribution is 6.35. The second kappa shape index (κ2) is 10.2. The van der Waals surface area contributed by atoms with E-state index in [-0.39, 0.29) is 35.0 Å². The van der Waals surface area contributed by atoms with Crippen molar-refractivity contribution in [3.8, 4) is 22.6 Å². The van der Waals surface area contributed by atoms with E-state index in [0.717, 1.165) is 0 Å². The fourth-order valence-corrected chi connectivity index (χ4v) is 4.98. The van der Waals surface area contributed by atoms with Crippen LogP contribution in [0.1, 0.15) is 41.5 Å². The molecule has 1 aliphatic heterocycles. The zero-order valence-electron chi connectivity index (χ0n) is 21.1. The maximum absolute atomic E-state index is 13.7. The summed E-state index contributed by atoms with van der Waals surface area (Å²) >= 11 is 12.1. The van der Waals surface area contributed by atoms with Gasteiger partial charge in [-0.05, 0) is 49.2 Å². The number of carbonyl (C=O) groups is 2. The van der Waals surface area contributed by atoms with Crippen LogP contribution in [0.2, 0.25) is 10.0 Å². The molecule has 2 heterocycles. The average molecular weight is 588 g/mol. The normalized spacial score (nSPS) is 14.7. The van der Waals surface area contributed by atoms with E-state index in [1.807, 2.05) is 0 Å². The smallest absolute Gasteiger partial charge is 0.480 e. The number of aromatic nitrogens is 3. The van der Waals surface area contributed by atoms with Gasteiger partial charge in [0.2, 0.25) is 0 Å². The number of rotatable bonds is 8. The number of hydrogen-bond acceptors (Lipinski definition) is 6. The van der Waals surface area contributed by atoms with Gasteiger partial charge in [0, 0.05) is 27.6 Å². The zero-order valence-corrected chi connectivity index (χ0v) is 22.6. The molecule has 1 aromatic heterocycles. The Morgan fingerprint density at radius 2 is 1.75 bits per heavy atom. The molecular weight excluding hydrogens is 567 g/mol. The van der Waals surface area contributed by atoms with E-state index in [1.54, 1.807) is 50.2 Å². The van der Waals surface area contributed by atoms with Gasteiger partial charge in [0.1, 0.15) is 0 Å². The topological polar surface area (TPSA) is 104 Å². The Kier molecular flexibility index (Phi) is 7.01. The van der Waals surface area contributed by atoms with Crippen LogP contribution in [-0.2, 0) is 16.6 Å². The molecule has 0 amide bonds. The van der Waals surface area contributed by atoms with Crippen molar-refractivity contribution in [2.45, 2.75) is 38.0 Å². The molecule has 40 heavy (non-hydrogen) atoms. The van der Waals surface area contributed by atoms with Gasteiger partial charge in [0.05, 0.1) is 17.3 Å². The number of carboxylic acids is 1. The van der Waals surface area contributed by atoms with E-state index in [1.165, 1.54) is 35.1 Å². The van der Waals surface area contributed by atoms with Crippen LogP contribution in [-0.4, -0.2) is 38.1 Å². The molecule has 8 nitrogen and oxygen atoms in total. The van der Waals surface area contributed by atoms with Crippen molar-refractivity contribution in [2.24, 2.45) is 0 Å². The number of hydrogen-bond donors (Lipinski definition) is 1. The third-order valence-electron chi connectivity index (χ3n) is 6.54. The third kappa shape index (κ3) is 5.37. The first kappa shape index (κ1) is 27.5. The number of halogens is 4. The quantitative estimate of drug-likeness (QED) is 0.231. The minimum atomic E-state index is -3.77. The van der Waals surface area contributed by atoms with Crippen LogP contribution in [0.5, 0.6) is 11.5 Å². The molecule has 5 rings (SSSR count). The fraction of sp³-hybridized carbons (Fsp3) is 0.214. The van der Waals surface area contributed by atoms with Gasteiger partial charge >= 0.3 is 12.3 Å². The first-order chi connectivity index (χ1) is 18.8. The van der Waals surface area contributed by atoms with Crippen LogP contribution in [0.25, 0.3) is 11.1 Å². The molecule has 3 aromatic carbocycles. The largest absolute Gasteiger partial charge is 0.586 e. The number of fused-ring (bicyclic) bond motifs is 1. The molecule has 206 valence electrons. The average Bonchev–Trinajstić information content (AvgIpc) is 3.49. The van der Waals surface area contributed by atoms with Gasteiger partial charge in [-0.15, -0.1) is 13.9 Å². The number of alkyl halides is 2. The van der Waals surface area contributed by atoms with E-state index >= 15 is 0 Å². The van der Waals surface area contributed by atoms with E-state index in [4.69, 9.17) is 27.9 Å². The van der Waals surface area contributed by atoms with Gasteiger partial charge in [-0.1, -0.05) is 64.8 Å². The zero-order chi connectivity index (χ0) is 28.8. The number of benzene rings is 3. The lowest BCUT2D eigenvalue weighted by molar-refractivity contribution is -0.286. The van der Waals surface area contributed by atoms with E-state index in [2.05, 4.69) is 15.0 Å². The number of carbonyl (C=O) groups excluding carboxylic acids is 1. The summed E-state index contributed by atoms with van der Waals surface area (Å²) < 4.78 is 37.8. The first-order valence-corrected chi connectivity index (χ1v) is 12.7. The summed E-state index contributed by atoms with van der Waals surface area (Å²) in [5.41, 5.74) is 0.857. The molecular formula is C28H21Cl2F2N3O5. The molecule has 1 atom stereocenters. The Bertz CT molecular complexity index is 1620. The molecule has 0 radical (unpaired) electrons. The molecule has 4 aromatic rings. The minimum Gasteiger partial charge on any atom is -0.480 e. The van der Waals surface area contributed by atoms with Crippen LogP contribution < -0.4 is 9.47 Å². The van der Waals surface area contributed by atoms with Crippen molar-refractivity contribution in [1.29, 1.82) is 0 Å². The molecule has 12 heteroatoms. The van der Waals surface area contributed by atoms with Crippen molar-refractivity contribution in [3.63, 3.8) is 0 Å². The number of ether oxygens (including phenoxy) is 2. The fourth-order valence-electron chi connectivity index (χ4n) is 4.46. The van der Waals surface area contributed by atoms with Crippen molar-refractivity contribution < 1.29 is 33.0 Å². The maximum Gasteiger partial charge on any atom is 0.586 e. The molecule has 1 N–H and O–H groups in total. The van der Waals surface area contributed by atoms with Crippen LogP contribution in [0.3, 0.4) is 0 Å². The number of nitrogens with zero attached hydrogens (tertiary/aromatic N) is 3. The molecule has 0 saturated carbocycles. The molecule has 0 spiro atoms. The Labute approximate surface area is 237 Å². The molecule has 0 unspecified atom stereocenters. The van der Waals surface area contributed by atoms with E-state index < -0.39 is 23.7 Å². The van der Waals surface area contributed by atoms with Gasteiger partial charge < -0.3 is 14.6 Å². The Morgan fingerprint density at radius 1 is 1.05 bits per heavy atom. The lowest BCUT2D eigenvalue weighted by Crippen LogP contribution is -2.30. The molecule has 1 aliphatic rings. The summed E-state index contributed by atoms with van der Waals surface area (Å²) in [5, 5.41) is 18.7. The standard InChI is InChI=1S/C28H21Cl2F2N3O5/c1-27(2,25(36)17-11-18(29)13-19(30)12-17)23-14-35(34-33-23)21(26(37)38)10-15-5-3-6-16(9-15)20-7-4-8-22-24(20)40-28(31,32)39-22/h3-9,11-14,21H,10H2,1-2H3,(H,37,38)/t21-/m0/s1. The van der Waals surface area contributed by atoms with Crippen LogP contribution in [0.15, 0.2) is 66.9 Å². The van der Waals surface area contributed by atoms with Crippen LogP contribution >= 0.6 is 23.2 Å². The van der Waals surface area contributed by atoms with Crippen LogP contribution in [0.4, 0.5) is 8.78 Å². The number of Topliss-reactive ketones (excluding diaryl/α,β-unsaturated/α-hetero) is 1. The van der Waals surface area contributed by atoms with Gasteiger partial charge in [0.25, 0.3) is 0 Å². The summed E-state index contributed by atoms with van der Waals surface area (Å²) in [6, 6.07) is 14.6. The second-order valence-electron chi connectivity index (χ2n) is 9.75. The Balaban J connectivity index is 1.41. The lowest BCUT2D eigenvalue weighted by Gasteiger charge is -2.20. The molecule has 0 saturated heterocycles. The Morgan fingerprint density at radius 3 is 2.45 bits per heavy atom. The molecule has 0 fully saturated rings. The van der Waals surface area contributed by atoms with Gasteiger partial charge in [-0.3, -0.25) is 4.79 Å². The number of aliphatic carboxylic acids is 1. The van der Waals surface area contributed by atoms with Crippen molar-refractivity contribution in [2.75, 3.05) is 0 Å². The highest BCUT2D eigenvalue weighted by Gasteiger charge is 2.44. The number of carboxylic acid groups (broad SMARTS) is 1. The second-order valence-corrected chi connectivity index (χ2v) is 10.6. The predicted octanol–water partition coefficient (Wildman–Crippen LogP) is 6.60. The molecule has 0 aliphatic carbocycles. The monoisotopic (exact) mass is 587 g/mol. The van der Waals surface area contributed by atoms with E-state index in [0.29, 0.717) is 26.7 Å². The summed E-state index contributed by atoms with van der Waals surface area (Å²) in [6.07, 6.45) is -2.36. The van der Waals surface area contributed by atoms with Crippen LogP contribution in [0, 0.1) is 0 Å². The van der Waals surface area contributed by atoms with Crippen molar-refractivity contribution in [3.05, 3.63) is 93.7 Å². The Hall–Kier alpha value is -4.02. The maximum atomic E-state index is 13.7. The van der Waals surface area contributed by atoms with Crippen molar-refractivity contribution >= 4 is 35.0 Å². The summed E-state index contributed by atoms with van der Waals surface area (Å²) in [6.45, 7) is 3.29. The lowest BCUT2D eigenvalue weighted by atomic mass is 9.81. The highest BCUT2D eigenvalue weighted by Crippen LogP contribution is 2.47. The number of ketones is 1. The predicted molar refractivity (Wildman–Crippen MR) is 142 cm³/mol. The molecule has 0 bridgehead atoms. The van der Waals surface area contributed by atoms with Gasteiger partial charge in [0.15, 0.2) is 23.3 Å². The summed E-state index contributed by atoms with van der Waals surface area (Å²) in [7, 11) is 0. The summed E-state index contributed by atoms with van der Waals surface area (Å²) in [4.78, 5) is 25.6. The SMILES string of the molecule is CC(C)(C(=O)c1cc(Cl)cc(Cl)c1)c1cn([C@@H](Cc2cccc(-c3cccc4c3OC(F)(F)O4)c2)C(=O)O)nn1.